The summed E-state index contributed by atoms with van der Waals surface area (Å²) in [4.78, 5) is 12.6. The van der Waals surface area contributed by atoms with Crippen molar-refractivity contribution in [1.82, 2.24) is 5.32 Å². The van der Waals surface area contributed by atoms with Gasteiger partial charge in [0.15, 0.2) is 5.78 Å². The van der Waals surface area contributed by atoms with Gasteiger partial charge in [-0.05, 0) is 50.1 Å². The van der Waals surface area contributed by atoms with Gasteiger partial charge in [0.1, 0.15) is 5.75 Å². The second kappa shape index (κ2) is 6.58. The molecule has 1 aromatic carbocycles. The molecule has 1 saturated heterocycles. The lowest BCUT2D eigenvalue weighted by atomic mass is 9.93. The number of Topliss-reactive ketones (excluding diaryl/α,β-unsaturated/α-hetero) is 1. The van der Waals surface area contributed by atoms with Crippen molar-refractivity contribution in [3.8, 4) is 5.75 Å². The maximum absolute atomic E-state index is 12.6. The van der Waals surface area contributed by atoms with E-state index in [1.165, 1.54) is 0 Å². The number of benzene rings is 1. The average molecular weight is 289 g/mol. The van der Waals surface area contributed by atoms with Gasteiger partial charge in [0.25, 0.3) is 0 Å². The molecule has 1 heterocycles. The fourth-order valence-electron chi connectivity index (χ4n) is 2.63. The first kappa shape index (κ1) is 14.5. The highest BCUT2D eigenvalue weighted by molar-refractivity contribution is 5.98. The van der Waals surface area contributed by atoms with E-state index < -0.39 is 0 Å². The van der Waals surface area contributed by atoms with E-state index in [1.807, 2.05) is 24.3 Å². The average Bonchev–Trinajstić information content (AvgIpc) is 3.20. The number of carbonyl (C=O) groups excluding carboxylic acids is 1. The lowest BCUT2D eigenvalue weighted by Crippen LogP contribution is -2.39. The van der Waals surface area contributed by atoms with Gasteiger partial charge in [-0.1, -0.05) is 6.92 Å². The Hall–Kier alpha value is -1.39. The van der Waals surface area contributed by atoms with Gasteiger partial charge in [-0.15, -0.1) is 0 Å². The van der Waals surface area contributed by atoms with Crippen LogP contribution in [0.15, 0.2) is 24.3 Å². The highest BCUT2D eigenvalue weighted by Crippen LogP contribution is 2.27. The van der Waals surface area contributed by atoms with Gasteiger partial charge in [0.2, 0.25) is 0 Å². The third kappa shape index (κ3) is 3.63. The number of ketones is 1. The Morgan fingerprint density at radius 2 is 2.05 bits per heavy atom. The van der Waals surface area contributed by atoms with Gasteiger partial charge >= 0.3 is 0 Å². The Bertz CT molecular complexity index is 481. The van der Waals surface area contributed by atoms with Crippen molar-refractivity contribution in [2.45, 2.75) is 38.3 Å². The number of ether oxygens (including phenoxy) is 2. The molecule has 1 aliphatic heterocycles. The zero-order valence-electron chi connectivity index (χ0n) is 12.5. The summed E-state index contributed by atoms with van der Waals surface area (Å²) in [5, 5.41) is 3.41. The molecule has 1 aromatic rings. The smallest absolute Gasteiger partial charge is 0.169 e. The van der Waals surface area contributed by atoms with Crippen molar-refractivity contribution in [3.05, 3.63) is 29.8 Å². The summed E-state index contributed by atoms with van der Waals surface area (Å²) in [5.41, 5.74) is 0.747. The summed E-state index contributed by atoms with van der Waals surface area (Å²) in [6.07, 6.45) is 3.73. The molecule has 21 heavy (non-hydrogen) atoms. The standard InChI is InChI=1S/C17H23NO3/c1-2-9-18-16-11-20-10-15(16)17(19)12-3-5-13(6-4-12)21-14-7-8-14/h3-6,14-16,18H,2,7-11H2,1H3. The van der Waals surface area contributed by atoms with Crippen LogP contribution in [-0.4, -0.2) is 37.7 Å². The Morgan fingerprint density at radius 1 is 1.29 bits per heavy atom. The molecule has 0 radical (unpaired) electrons. The molecule has 1 saturated carbocycles. The first-order chi connectivity index (χ1) is 10.3. The molecule has 1 N–H and O–H groups in total. The van der Waals surface area contributed by atoms with Crippen LogP contribution in [0.1, 0.15) is 36.5 Å². The summed E-state index contributed by atoms with van der Waals surface area (Å²) in [5.74, 6) is 0.947. The molecular weight excluding hydrogens is 266 g/mol. The van der Waals surface area contributed by atoms with E-state index in [9.17, 15) is 4.79 Å². The first-order valence-corrected chi connectivity index (χ1v) is 7.90. The van der Waals surface area contributed by atoms with E-state index in [0.29, 0.717) is 19.3 Å². The number of carbonyl (C=O) groups is 1. The van der Waals surface area contributed by atoms with E-state index in [-0.39, 0.29) is 17.7 Å². The van der Waals surface area contributed by atoms with Crippen LogP contribution in [-0.2, 0) is 4.74 Å². The normalized spacial score (nSPS) is 25.0. The fraction of sp³-hybridized carbons (Fsp3) is 0.588. The lowest BCUT2D eigenvalue weighted by molar-refractivity contribution is 0.0891. The molecular formula is C17H23NO3. The van der Waals surface area contributed by atoms with Crippen LogP contribution in [0.5, 0.6) is 5.75 Å². The molecule has 114 valence electrons. The summed E-state index contributed by atoms with van der Waals surface area (Å²) >= 11 is 0. The molecule has 2 unspecified atom stereocenters. The SMILES string of the molecule is CCCNC1COCC1C(=O)c1ccc(OC2CC2)cc1. The van der Waals surface area contributed by atoms with E-state index in [2.05, 4.69) is 12.2 Å². The zero-order chi connectivity index (χ0) is 14.7. The second-order valence-electron chi connectivity index (χ2n) is 5.91. The maximum Gasteiger partial charge on any atom is 0.169 e. The predicted molar refractivity (Wildman–Crippen MR) is 80.8 cm³/mol. The van der Waals surface area contributed by atoms with Gasteiger partial charge in [-0.25, -0.2) is 0 Å². The molecule has 0 aromatic heterocycles. The van der Waals surface area contributed by atoms with Gasteiger partial charge in [-0.3, -0.25) is 4.79 Å². The topological polar surface area (TPSA) is 47.6 Å². The van der Waals surface area contributed by atoms with Crippen LogP contribution >= 0.6 is 0 Å². The van der Waals surface area contributed by atoms with Crippen LogP contribution in [0.4, 0.5) is 0 Å². The fourth-order valence-corrected chi connectivity index (χ4v) is 2.63. The van der Waals surface area contributed by atoms with Gasteiger partial charge in [-0.2, -0.15) is 0 Å². The molecule has 0 amide bonds. The quantitative estimate of drug-likeness (QED) is 0.783. The van der Waals surface area contributed by atoms with Gasteiger partial charge in [0, 0.05) is 11.6 Å². The molecule has 2 aliphatic rings. The molecule has 2 fully saturated rings. The molecule has 4 nitrogen and oxygen atoms in total. The van der Waals surface area contributed by atoms with Gasteiger partial charge < -0.3 is 14.8 Å². The minimum absolute atomic E-state index is 0.0771. The van der Waals surface area contributed by atoms with Gasteiger partial charge in [0.05, 0.1) is 25.2 Å². The van der Waals surface area contributed by atoms with Crippen molar-refractivity contribution < 1.29 is 14.3 Å². The highest BCUT2D eigenvalue weighted by Gasteiger charge is 2.34. The van der Waals surface area contributed by atoms with Crippen LogP contribution in [0.3, 0.4) is 0 Å². The third-order valence-electron chi connectivity index (χ3n) is 4.04. The molecule has 1 aliphatic carbocycles. The minimum atomic E-state index is -0.0771. The van der Waals surface area contributed by atoms with Crippen molar-refractivity contribution in [1.29, 1.82) is 0 Å². The second-order valence-corrected chi connectivity index (χ2v) is 5.91. The maximum atomic E-state index is 12.6. The summed E-state index contributed by atoms with van der Waals surface area (Å²) in [7, 11) is 0. The summed E-state index contributed by atoms with van der Waals surface area (Å²) in [6, 6.07) is 7.68. The first-order valence-electron chi connectivity index (χ1n) is 7.90. The Kier molecular flexibility index (Phi) is 4.56. The van der Waals surface area contributed by atoms with Crippen LogP contribution in [0.2, 0.25) is 0 Å². The van der Waals surface area contributed by atoms with Crippen molar-refractivity contribution in [2.24, 2.45) is 5.92 Å². The predicted octanol–water partition coefficient (Wildman–Crippen LogP) is 2.43. The molecule has 0 spiro atoms. The molecule has 4 heteroatoms. The van der Waals surface area contributed by atoms with Crippen LogP contribution in [0.25, 0.3) is 0 Å². The van der Waals surface area contributed by atoms with Crippen molar-refractivity contribution in [2.75, 3.05) is 19.8 Å². The minimum Gasteiger partial charge on any atom is -0.490 e. The zero-order valence-corrected chi connectivity index (χ0v) is 12.5. The Morgan fingerprint density at radius 3 is 2.71 bits per heavy atom. The van der Waals surface area contributed by atoms with Crippen LogP contribution in [0, 0.1) is 5.92 Å². The summed E-state index contributed by atoms with van der Waals surface area (Å²) < 4.78 is 11.2. The lowest BCUT2D eigenvalue weighted by Gasteiger charge is -2.18. The van der Waals surface area contributed by atoms with E-state index in [0.717, 1.165) is 37.1 Å². The summed E-state index contributed by atoms with van der Waals surface area (Å²) in [6.45, 7) is 4.18. The monoisotopic (exact) mass is 289 g/mol. The van der Waals surface area contributed by atoms with E-state index in [1.54, 1.807) is 0 Å². The molecule has 3 rings (SSSR count). The Balaban J connectivity index is 1.62. The van der Waals surface area contributed by atoms with Crippen molar-refractivity contribution in [3.63, 3.8) is 0 Å². The Labute approximate surface area is 125 Å². The van der Waals surface area contributed by atoms with Crippen molar-refractivity contribution >= 4 is 5.78 Å². The number of hydrogen-bond donors (Lipinski definition) is 1. The van der Waals surface area contributed by atoms with E-state index >= 15 is 0 Å². The van der Waals surface area contributed by atoms with E-state index in [4.69, 9.17) is 9.47 Å². The number of rotatable bonds is 7. The molecule has 2 atom stereocenters. The third-order valence-corrected chi connectivity index (χ3v) is 4.04. The highest BCUT2D eigenvalue weighted by atomic mass is 16.5. The number of nitrogens with one attached hydrogen (secondary N) is 1. The largest absolute Gasteiger partial charge is 0.490 e. The number of hydrogen-bond acceptors (Lipinski definition) is 4. The van der Waals surface area contributed by atoms with Crippen LogP contribution < -0.4 is 10.1 Å². The molecule has 0 bridgehead atoms.